The van der Waals surface area contributed by atoms with Crippen LogP contribution >= 0.6 is 11.3 Å². The molecule has 4 rings (SSSR count). The molecule has 1 aliphatic rings. The summed E-state index contributed by atoms with van der Waals surface area (Å²) in [6.07, 6.45) is 3.20. The average molecular weight is 409 g/mol. The van der Waals surface area contributed by atoms with Gasteiger partial charge in [-0.15, -0.1) is 0 Å². The van der Waals surface area contributed by atoms with E-state index in [0.717, 1.165) is 18.4 Å². The lowest BCUT2D eigenvalue weighted by Gasteiger charge is -2.14. The van der Waals surface area contributed by atoms with Crippen LogP contribution in [0.2, 0.25) is 0 Å². The molecule has 0 radical (unpaired) electrons. The number of anilines is 1. The van der Waals surface area contributed by atoms with Gasteiger partial charge in [-0.2, -0.15) is 0 Å². The molecule has 0 bridgehead atoms. The topological polar surface area (TPSA) is 59.1 Å². The van der Waals surface area contributed by atoms with E-state index in [1.165, 1.54) is 17.5 Å². The Morgan fingerprint density at radius 2 is 1.45 bits per heavy atom. The lowest BCUT2D eigenvalue weighted by Crippen LogP contribution is -2.27. The normalized spacial score (nSPS) is 13.1. The summed E-state index contributed by atoms with van der Waals surface area (Å²) in [6, 6.07) is 18.9. The van der Waals surface area contributed by atoms with Gasteiger partial charge in [-0.1, -0.05) is 99.7 Å². The lowest BCUT2D eigenvalue weighted by molar-refractivity contribution is -0.118. The predicted molar refractivity (Wildman–Crippen MR) is 121 cm³/mol. The summed E-state index contributed by atoms with van der Waals surface area (Å²) < 4.78 is 0. The van der Waals surface area contributed by atoms with Crippen molar-refractivity contribution in [1.82, 2.24) is 4.98 Å². The third-order valence-electron chi connectivity index (χ3n) is 4.50. The Morgan fingerprint density at radius 1 is 0.897 bits per heavy atom. The zero-order valence-electron chi connectivity index (χ0n) is 17.4. The number of hydrogen-bond donors (Lipinski definition) is 1. The van der Waals surface area contributed by atoms with Gasteiger partial charge in [0.05, 0.1) is 16.5 Å². The Morgan fingerprint density at radius 3 is 2.00 bits per heavy atom. The SMILES string of the molecule is CC.CC.O=C(c1ccccc1)c1cnc(NC(=O)C2(c3ccccc3)CC2)s1. The molecule has 3 aromatic rings. The van der Waals surface area contributed by atoms with E-state index in [1.807, 2.05) is 76.2 Å². The van der Waals surface area contributed by atoms with Gasteiger partial charge >= 0.3 is 0 Å². The van der Waals surface area contributed by atoms with Gasteiger partial charge in [-0.25, -0.2) is 4.98 Å². The van der Waals surface area contributed by atoms with Gasteiger partial charge in [0.15, 0.2) is 5.13 Å². The second kappa shape index (κ2) is 10.7. The van der Waals surface area contributed by atoms with Crippen LogP contribution in [0.3, 0.4) is 0 Å². The van der Waals surface area contributed by atoms with E-state index in [9.17, 15) is 9.59 Å². The number of thiazole rings is 1. The minimum Gasteiger partial charge on any atom is -0.301 e. The number of aromatic nitrogens is 1. The molecule has 29 heavy (non-hydrogen) atoms. The van der Waals surface area contributed by atoms with Crippen molar-refractivity contribution in [3.63, 3.8) is 0 Å². The van der Waals surface area contributed by atoms with E-state index >= 15 is 0 Å². The Labute approximate surface area is 177 Å². The largest absolute Gasteiger partial charge is 0.301 e. The highest BCUT2D eigenvalue weighted by molar-refractivity contribution is 7.17. The zero-order chi connectivity index (χ0) is 21.3. The highest BCUT2D eigenvalue weighted by Crippen LogP contribution is 2.49. The van der Waals surface area contributed by atoms with Gasteiger partial charge in [0, 0.05) is 5.56 Å². The van der Waals surface area contributed by atoms with Gasteiger partial charge in [0.2, 0.25) is 11.7 Å². The zero-order valence-corrected chi connectivity index (χ0v) is 18.3. The van der Waals surface area contributed by atoms with E-state index in [-0.39, 0.29) is 11.7 Å². The molecule has 1 heterocycles. The first-order chi connectivity index (χ1) is 14.2. The maximum absolute atomic E-state index is 12.7. The fourth-order valence-electron chi connectivity index (χ4n) is 2.91. The first kappa shape index (κ1) is 22.5. The van der Waals surface area contributed by atoms with Gasteiger partial charge in [0.25, 0.3) is 0 Å². The second-order valence-corrected chi connectivity index (χ2v) is 7.16. The van der Waals surface area contributed by atoms with Gasteiger partial charge in [-0.3, -0.25) is 9.59 Å². The first-order valence-electron chi connectivity index (χ1n) is 10.1. The molecule has 0 atom stereocenters. The quantitative estimate of drug-likeness (QED) is 0.519. The molecule has 1 aromatic heterocycles. The number of nitrogens with one attached hydrogen (secondary N) is 1. The van der Waals surface area contributed by atoms with Crippen molar-refractivity contribution in [2.75, 3.05) is 5.32 Å². The van der Waals surface area contributed by atoms with Crippen molar-refractivity contribution < 1.29 is 9.59 Å². The third kappa shape index (κ3) is 5.18. The van der Waals surface area contributed by atoms with Gasteiger partial charge < -0.3 is 5.32 Å². The van der Waals surface area contributed by atoms with Crippen LogP contribution in [0.15, 0.2) is 66.9 Å². The van der Waals surface area contributed by atoms with Crippen LogP contribution in [0.5, 0.6) is 0 Å². The Kier molecular flexibility index (Phi) is 8.28. The summed E-state index contributed by atoms with van der Waals surface area (Å²) in [4.78, 5) is 29.9. The fraction of sp³-hybridized carbons (Fsp3) is 0.292. The molecule has 1 N–H and O–H groups in total. The van der Waals surface area contributed by atoms with Gasteiger partial charge in [-0.05, 0) is 18.4 Å². The van der Waals surface area contributed by atoms with E-state index < -0.39 is 5.41 Å². The molecular formula is C24H28N2O2S. The molecule has 152 valence electrons. The summed E-state index contributed by atoms with van der Waals surface area (Å²) >= 11 is 1.21. The van der Waals surface area contributed by atoms with E-state index in [2.05, 4.69) is 10.3 Å². The van der Waals surface area contributed by atoms with Crippen LogP contribution in [0.25, 0.3) is 0 Å². The van der Waals surface area contributed by atoms with Gasteiger partial charge in [0.1, 0.15) is 0 Å². The molecule has 5 heteroatoms. The molecule has 0 unspecified atom stereocenters. The first-order valence-corrected chi connectivity index (χ1v) is 10.9. The van der Waals surface area contributed by atoms with Crippen molar-refractivity contribution in [1.29, 1.82) is 0 Å². The number of ketones is 1. The summed E-state index contributed by atoms with van der Waals surface area (Å²) in [5.41, 5.74) is 1.20. The van der Waals surface area contributed by atoms with E-state index in [0.29, 0.717) is 15.6 Å². The highest BCUT2D eigenvalue weighted by atomic mass is 32.1. The van der Waals surface area contributed by atoms with Crippen LogP contribution in [0.1, 0.15) is 61.3 Å². The van der Waals surface area contributed by atoms with Crippen molar-refractivity contribution in [3.8, 4) is 0 Å². The molecular weight excluding hydrogens is 380 g/mol. The number of rotatable bonds is 5. The van der Waals surface area contributed by atoms with Crippen LogP contribution in [0.4, 0.5) is 5.13 Å². The van der Waals surface area contributed by atoms with Crippen molar-refractivity contribution in [2.24, 2.45) is 0 Å². The van der Waals surface area contributed by atoms with E-state index in [1.54, 1.807) is 12.1 Å². The second-order valence-electron chi connectivity index (χ2n) is 6.13. The molecule has 1 aliphatic carbocycles. The van der Waals surface area contributed by atoms with E-state index in [4.69, 9.17) is 0 Å². The lowest BCUT2D eigenvalue weighted by atomic mass is 9.95. The highest BCUT2D eigenvalue weighted by Gasteiger charge is 2.51. The standard InChI is InChI=1S/C20H16N2O2S.2C2H6/c23-17(14-7-3-1-4-8-14)16-13-21-19(25-16)22-18(24)20(11-12-20)15-9-5-2-6-10-15;2*1-2/h1-10,13H,11-12H2,(H,21,22,24);2*1-2H3. The third-order valence-corrected chi connectivity index (χ3v) is 5.41. The van der Waals surface area contributed by atoms with Crippen LogP contribution in [0, 0.1) is 0 Å². The van der Waals surface area contributed by atoms with Crippen LogP contribution in [-0.4, -0.2) is 16.7 Å². The molecule has 0 saturated heterocycles. The number of hydrogen-bond acceptors (Lipinski definition) is 4. The minimum absolute atomic E-state index is 0.0493. The number of carbonyl (C=O) groups excluding carboxylic acids is 2. The van der Waals surface area contributed by atoms with Crippen molar-refractivity contribution >= 4 is 28.2 Å². The molecule has 1 amide bonds. The number of carbonyl (C=O) groups is 2. The average Bonchev–Trinajstić information content (AvgIpc) is 3.50. The molecule has 4 nitrogen and oxygen atoms in total. The summed E-state index contributed by atoms with van der Waals surface area (Å²) in [6.45, 7) is 8.00. The summed E-state index contributed by atoms with van der Waals surface area (Å²) in [7, 11) is 0. The minimum atomic E-state index is -0.448. The summed E-state index contributed by atoms with van der Waals surface area (Å²) in [5, 5.41) is 3.35. The van der Waals surface area contributed by atoms with Crippen LogP contribution in [-0.2, 0) is 10.2 Å². The Bertz CT molecular complexity index is 916. The Hall–Kier alpha value is -2.79. The maximum Gasteiger partial charge on any atom is 0.236 e. The molecule has 1 saturated carbocycles. The maximum atomic E-state index is 12.7. The number of amides is 1. The number of nitrogens with zero attached hydrogens (tertiary/aromatic N) is 1. The molecule has 0 aliphatic heterocycles. The molecule has 0 spiro atoms. The van der Waals surface area contributed by atoms with Crippen molar-refractivity contribution in [3.05, 3.63) is 82.9 Å². The van der Waals surface area contributed by atoms with Crippen molar-refractivity contribution in [2.45, 2.75) is 46.0 Å². The fourth-order valence-corrected chi connectivity index (χ4v) is 3.69. The van der Waals surface area contributed by atoms with Crippen LogP contribution < -0.4 is 5.32 Å². The molecule has 1 fully saturated rings. The Balaban J connectivity index is 0.000000707. The monoisotopic (exact) mass is 408 g/mol. The predicted octanol–water partition coefficient (Wildman–Crippen LogP) is 6.10. The summed E-state index contributed by atoms with van der Waals surface area (Å²) in [5.74, 6) is -0.130. The number of benzene rings is 2. The smallest absolute Gasteiger partial charge is 0.236 e. The molecule has 2 aromatic carbocycles.